The molecule has 0 amide bonds. The molecular weight excluding hydrogens is 396 g/mol. The standard InChI is InChI=1S/C28H36O2Si/c1-15-11-23(25-19(5)17(3)13-29-25)27(21(15)7)31(9,10)28-22(8)16(2)12-24(28)26-20(6)18(4)14-30-26/h11-14,21-22H,1-10H3. The molecule has 2 nitrogen and oxygen atoms in total. The zero-order valence-electron chi connectivity index (χ0n) is 20.8. The van der Waals surface area contributed by atoms with Gasteiger partial charge in [-0.2, -0.15) is 0 Å². The van der Waals surface area contributed by atoms with Crippen molar-refractivity contribution < 1.29 is 8.83 Å². The predicted octanol–water partition coefficient (Wildman–Crippen LogP) is 8.29. The second-order valence-corrected chi connectivity index (χ2v) is 14.6. The van der Waals surface area contributed by atoms with Crippen LogP contribution in [0.15, 0.2) is 55.1 Å². The average Bonchev–Trinajstić information content (AvgIpc) is 3.39. The van der Waals surface area contributed by atoms with Crippen molar-refractivity contribution in [3.63, 3.8) is 0 Å². The Kier molecular flexibility index (Phi) is 5.24. The molecular formula is C28H36O2Si. The maximum Gasteiger partial charge on any atom is 0.136 e. The highest BCUT2D eigenvalue weighted by Crippen LogP contribution is 2.51. The minimum Gasteiger partial charge on any atom is -0.464 e. The fourth-order valence-electron chi connectivity index (χ4n) is 5.60. The molecule has 0 saturated carbocycles. The van der Waals surface area contributed by atoms with Crippen molar-refractivity contribution in [1.29, 1.82) is 0 Å². The lowest BCUT2D eigenvalue weighted by Crippen LogP contribution is -2.38. The number of furan rings is 2. The van der Waals surface area contributed by atoms with Gasteiger partial charge in [-0.25, -0.2) is 0 Å². The largest absolute Gasteiger partial charge is 0.464 e. The van der Waals surface area contributed by atoms with Gasteiger partial charge in [-0.15, -0.1) is 0 Å². The summed E-state index contributed by atoms with van der Waals surface area (Å²) in [5.74, 6) is 2.98. The summed E-state index contributed by atoms with van der Waals surface area (Å²) in [4.78, 5) is 0. The average molecular weight is 433 g/mol. The van der Waals surface area contributed by atoms with Gasteiger partial charge < -0.3 is 8.83 Å². The van der Waals surface area contributed by atoms with E-state index in [-0.39, 0.29) is 0 Å². The Hall–Kier alpha value is -2.26. The van der Waals surface area contributed by atoms with Crippen LogP contribution < -0.4 is 0 Å². The van der Waals surface area contributed by atoms with Gasteiger partial charge in [0.2, 0.25) is 0 Å². The number of allylic oxidation sites excluding steroid dienone is 8. The van der Waals surface area contributed by atoms with Crippen LogP contribution in [0.5, 0.6) is 0 Å². The molecule has 3 heteroatoms. The second kappa shape index (κ2) is 7.41. The van der Waals surface area contributed by atoms with Crippen molar-refractivity contribution in [3.8, 4) is 0 Å². The van der Waals surface area contributed by atoms with Crippen molar-refractivity contribution >= 4 is 19.2 Å². The first-order valence-electron chi connectivity index (χ1n) is 11.4. The molecule has 2 aromatic rings. The maximum atomic E-state index is 6.12. The van der Waals surface area contributed by atoms with Gasteiger partial charge in [-0.05, 0) is 75.6 Å². The van der Waals surface area contributed by atoms with Crippen LogP contribution in [-0.4, -0.2) is 8.07 Å². The zero-order valence-corrected chi connectivity index (χ0v) is 21.8. The number of hydrogen-bond acceptors (Lipinski definition) is 2. The molecule has 0 fully saturated rings. The molecule has 0 spiro atoms. The molecule has 0 aromatic carbocycles. The molecule has 2 heterocycles. The molecule has 31 heavy (non-hydrogen) atoms. The zero-order chi connectivity index (χ0) is 22.8. The maximum absolute atomic E-state index is 6.12. The third kappa shape index (κ3) is 3.20. The minimum atomic E-state index is -2.03. The van der Waals surface area contributed by atoms with Crippen molar-refractivity contribution in [2.24, 2.45) is 11.8 Å². The van der Waals surface area contributed by atoms with E-state index in [2.05, 4.69) is 80.6 Å². The molecule has 2 aliphatic rings. The van der Waals surface area contributed by atoms with Crippen LogP contribution in [0.25, 0.3) is 11.1 Å². The van der Waals surface area contributed by atoms with E-state index < -0.39 is 8.07 Å². The van der Waals surface area contributed by atoms with Crippen LogP contribution in [0, 0.1) is 39.5 Å². The summed E-state index contributed by atoms with van der Waals surface area (Å²) in [6.07, 6.45) is 8.56. The SMILES string of the molecule is CC1=CC(c2occ(C)c2C)=C([Si](C)(C)C2=C(c3occ(C)c3C)C=C(C)C2C)C1C. The topological polar surface area (TPSA) is 26.3 Å². The predicted molar refractivity (Wildman–Crippen MR) is 134 cm³/mol. The Morgan fingerprint density at radius 2 is 1.00 bits per heavy atom. The van der Waals surface area contributed by atoms with Gasteiger partial charge in [-0.1, -0.05) is 60.6 Å². The van der Waals surface area contributed by atoms with Gasteiger partial charge in [0.05, 0.1) is 12.5 Å². The molecule has 0 bridgehead atoms. The van der Waals surface area contributed by atoms with Gasteiger partial charge in [-0.3, -0.25) is 0 Å². The Balaban J connectivity index is 1.97. The number of hydrogen-bond donors (Lipinski definition) is 0. The van der Waals surface area contributed by atoms with E-state index in [4.69, 9.17) is 8.83 Å². The summed E-state index contributed by atoms with van der Waals surface area (Å²) < 4.78 is 12.2. The van der Waals surface area contributed by atoms with Gasteiger partial charge in [0.25, 0.3) is 0 Å². The third-order valence-electron chi connectivity index (χ3n) is 7.96. The Bertz CT molecular complexity index is 1100. The van der Waals surface area contributed by atoms with Crippen LogP contribution in [0.4, 0.5) is 0 Å². The van der Waals surface area contributed by atoms with E-state index in [1.165, 1.54) is 44.5 Å². The summed E-state index contributed by atoms with van der Waals surface area (Å²) in [6.45, 7) is 23.0. The first kappa shape index (κ1) is 21.9. The van der Waals surface area contributed by atoms with Gasteiger partial charge in [0.1, 0.15) is 19.6 Å². The highest BCUT2D eigenvalue weighted by molar-refractivity contribution is 6.92. The van der Waals surface area contributed by atoms with E-state index in [1.807, 2.05) is 12.5 Å². The summed E-state index contributed by atoms with van der Waals surface area (Å²) in [7, 11) is -2.03. The molecule has 0 radical (unpaired) electrons. The summed E-state index contributed by atoms with van der Waals surface area (Å²) >= 11 is 0. The molecule has 0 N–H and O–H groups in total. The quantitative estimate of drug-likeness (QED) is 0.454. The molecule has 2 unspecified atom stereocenters. The minimum absolute atomic E-state index is 0.433. The van der Waals surface area contributed by atoms with E-state index in [1.54, 1.807) is 10.4 Å². The van der Waals surface area contributed by atoms with Crippen LogP contribution >= 0.6 is 0 Å². The highest BCUT2D eigenvalue weighted by atomic mass is 28.3. The number of rotatable bonds is 4. The third-order valence-corrected chi connectivity index (χ3v) is 12.1. The van der Waals surface area contributed by atoms with Crippen LogP contribution in [-0.2, 0) is 0 Å². The molecule has 2 aliphatic carbocycles. The summed E-state index contributed by atoms with van der Waals surface area (Å²) in [5, 5.41) is 3.18. The summed E-state index contributed by atoms with van der Waals surface area (Å²) in [6, 6.07) is 0. The van der Waals surface area contributed by atoms with E-state index in [0.717, 1.165) is 11.5 Å². The Morgan fingerprint density at radius 1 is 0.645 bits per heavy atom. The molecule has 4 rings (SSSR count). The summed E-state index contributed by atoms with van der Waals surface area (Å²) in [5.41, 5.74) is 10.5. The smallest absolute Gasteiger partial charge is 0.136 e. The van der Waals surface area contributed by atoms with Gasteiger partial charge in [0, 0.05) is 11.1 Å². The lowest BCUT2D eigenvalue weighted by Gasteiger charge is -2.35. The molecule has 2 atom stereocenters. The molecule has 164 valence electrons. The van der Waals surface area contributed by atoms with Crippen molar-refractivity contribution in [1.82, 2.24) is 0 Å². The monoisotopic (exact) mass is 432 g/mol. The molecule has 2 aromatic heterocycles. The van der Waals surface area contributed by atoms with Crippen LogP contribution in [0.2, 0.25) is 13.1 Å². The van der Waals surface area contributed by atoms with Crippen LogP contribution in [0.1, 0.15) is 61.5 Å². The molecule has 0 saturated heterocycles. The second-order valence-electron chi connectivity index (χ2n) is 10.2. The van der Waals surface area contributed by atoms with E-state index >= 15 is 0 Å². The fourth-order valence-corrected chi connectivity index (χ4v) is 10.2. The van der Waals surface area contributed by atoms with Crippen molar-refractivity contribution in [2.75, 3.05) is 0 Å². The first-order valence-corrected chi connectivity index (χ1v) is 14.4. The lowest BCUT2D eigenvalue weighted by molar-refractivity contribution is 0.550. The van der Waals surface area contributed by atoms with E-state index in [9.17, 15) is 0 Å². The van der Waals surface area contributed by atoms with Gasteiger partial charge >= 0.3 is 0 Å². The highest BCUT2D eigenvalue weighted by Gasteiger charge is 2.44. The van der Waals surface area contributed by atoms with Crippen LogP contribution in [0.3, 0.4) is 0 Å². The molecule has 0 aliphatic heterocycles. The Labute approximate surface area is 188 Å². The number of aryl methyl sites for hydroxylation is 2. The lowest BCUT2D eigenvalue weighted by atomic mass is 10.1. The van der Waals surface area contributed by atoms with Crippen molar-refractivity contribution in [2.45, 2.75) is 68.5 Å². The van der Waals surface area contributed by atoms with E-state index in [0.29, 0.717) is 11.8 Å². The fraction of sp³-hybridized carbons (Fsp3) is 0.429. The first-order chi connectivity index (χ1) is 14.5. The van der Waals surface area contributed by atoms with Gasteiger partial charge in [0.15, 0.2) is 0 Å². The Morgan fingerprint density at radius 3 is 1.29 bits per heavy atom. The normalized spacial score (nSPS) is 22.0. The van der Waals surface area contributed by atoms with Crippen molar-refractivity contribution in [3.05, 3.63) is 80.0 Å².